The van der Waals surface area contributed by atoms with Crippen LogP contribution >= 0.6 is 11.8 Å². The minimum atomic E-state index is -4.65. The van der Waals surface area contributed by atoms with E-state index >= 15 is 0 Å². The quantitative estimate of drug-likeness (QED) is 0.315. The molecule has 33 heavy (non-hydrogen) atoms. The molecule has 0 aliphatic rings. The largest absolute Gasteiger partial charge is 0.496 e. The second-order valence-electron chi connectivity index (χ2n) is 7.28. The van der Waals surface area contributed by atoms with Gasteiger partial charge in [0.2, 0.25) is 0 Å². The normalized spacial score (nSPS) is 11.3. The van der Waals surface area contributed by atoms with Crippen LogP contribution in [0.3, 0.4) is 0 Å². The van der Waals surface area contributed by atoms with E-state index in [0.29, 0.717) is 16.9 Å². The van der Waals surface area contributed by atoms with Gasteiger partial charge in [0.25, 0.3) is 0 Å². The second-order valence-corrected chi connectivity index (χ2v) is 8.27. The topological polar surface area (TPSA) is 35.5 Å². The van der Waals surface area contributed by atoms with Crippen molar-refractivity contribution in [3.63, 3.8) is 0 Å². The molecule has 0 unspecified atom stereocenters. The third kappa shape index (κ3) is 6.32. The van der Waals surface area contributed by atoms with Crippen LogP contribution in [-0.2, 0) is 33.6 Å². The minimum absolute atomic E-state index is 0.0684. The third-order valence-electron chi connectivity index (χ3n) is 5.09. The molecule has 0 saturated heterocycles. The predicted molar refractivity (Wildman–Crippen MR) is 125 cm³/mol. The molecular formula is C26H25F3O3S. The molecular weight excluding hydrogens is 449 g/mol. The average molecular weight is 475 g/mol. The number of alkyl halides is 3. The summed E-state index contributed by atoms with van der Waals surface area (Å²) in [5.74, 6) is 0.318. The number of halogens is 3. The Hall–Kier alpha value is -2.93. The van der Waals surface area contributed by atoms with Crippen molar-refractivity contribution in [3.8, 4) is 16.9 Å². The molecule has 3 nitrogen and oxygen atoms in total. The zero-order chi connectivity index (χ0) is 23.8. The molecule has 0 atom stereocenters. The van der Waals surface area contributed by atoms with Gasteiger partial charge in [0.05, 0.1) is 25.7 Å². The van der Waals surface area contributed by atoms with Gasteiger partial charge in [0.15, 0.2) is 0 Å². The first-order valence-corrected chi connectivity index (χ1v) is 11.6. The Morgan fingerprint density at radius 3 is 2.15 bits per heavy atom. The lowest BCUT2D eigenvalue weighted by molar-refractivity contribution is -0.143. The van der Waals surface area contributed by atoms with Gasteiger partial charge < -0.3 is 9.47 Å². The number of thioether (sulfide) groups is 1. The summed E-state index contributed by atoms with van der Waals surface area (Å²) in [6.45, 7) is 1.72. The zero-order valence-corrected chi connectivity index (χ0v) is 19.3. The molecule has 3 aromatic rings. The molecule has 0 aliphatic heterocycles. The SMILES string of the molecule is CCOC(=O)Cc1c(C(F)(F)F)cc(OC)c(-c2ccccc2)c1CSCc1ccccc1. The summed E-state index contributed by atoms with van der Waals surface area (Å²) in [5, 5.41) is 0. The van der Waals surface area contributed by atoms with Crippen molar-refractivity contribution in [2.75, 3.05) is 13.7 Å². The molecule has 174 valence electrons. The van der Waals surface area contributed by atoms with E-state index in [4.69, 9.17) is 9.47 Å². The first-order valence-electron chi connectivity index (χ1n) is 10.5. The second kappa shape index (κ2) is 11.3. The number of ether oxygens (including phenoxy) is 2. The van der Waals surface area contributed by atoms with Crippen LogP contribution in [0.25, 0.3) is 11.1 Å². The Labute approximate surface area is 195 Å². The highest BCUT2D eigenvalue weighted by Crippen LogP contribution is 2.44. The predicted octanol–water partition coefficient (Wildman–Crippen LogP) is 6.92. The summed E-state index contributed by atoms with van der Waals surface area (Å²) < 4.78 is 52.7. The zero-order valence-electron chi connectivity index (χ0n) is 18.4. The van der Waals surface area contributed by atoms with E-state index in [9.17, 15) is 18.0 Å². The molecule has 0 aliphatic carbocycles. The van der Waals surface area contributed by atoms with Crippen LogP contribution in [-0.4, -0.2) is 19.7 Å². The Bertz CT molecular complexity index is 1070. The van der Waals surface area contributed by atoms with Crippen molar-refractivity contribution >= 4 is 17.7 Å². The molecule has 0 bridgehead atoms. The van der Waals surface area contributed by atoms with Crippen LogP contribution in [0.2, 0.25) is 0 Å². The maximum absolute atomic E-state index is 14.1. The van der Waals surface area contributed by atoms with Gasteiger partial charge in [0.1, 0.15) is 5.75 Å². The summed E-state index contributed by atoms with van der Waals surface area (Å²) in [6, 6.07) is 19.8. The van der Waals surface area contributed by atoms with Crippen LogP contribution in [0, 0.1) is 0 Å². The van der Waals surface area contributed by atoms with Gasteiger partial charge in [-0.25, -0.2) is 0 Å². The van der Waals surface area contributed by atoms with Crippen molar-refractivity contribution in [1.82, 2.24) is 0 Å². The van der Waals surface area contributed by atoms with E-state index < -0.39 is 24.1 Å². The van der Waals surface area contributed by atoms with Gasteiger partial charge in [-0.2, -0.15) is 24.9 Å². The lowest BCUT2D eigenvalue weighted by Gasteiger charge is -2.23. The van der Waals surface area contributed by atoms with Gasteiger partial charge in [-0.1, -0.05) is 60.7 Å². The summed E-state index contributed by atoms with van der Waals surface area (Å²) in [4.78, 5) is 12.3. The van der Waals surface area contributed by atoms with Crippen molar-refractivity contribution in [2.45, 2.75) is 31.0 Å². The summed E-state index contributed by atoms with van der Waals surface area (Å²) in [5.41, 5.74) is 1.84. The maximum atomic E-state index is 14.1. The fraction of sp³-hybridized carbons (Fsp3) is 0.269. The number of hydrogen-bond donors (Lipinski definition) is 0. The van der Waals surface area contributed by atoms with Crippen LogP contribution in [0.5, 0.6) is 5.75 Å². The molecule has 0 N–H and O–H groups in total. The Morgan fingerprint density at radius 1 is 0.939 bits per heavy atom. The fourth-order valence-corrected chi connectivity index (χ4v) is 4.70. The molecule has 0 spiro atoms. The molecule has 0 saturated carbocycles. The number of esters is 1. The van der Waals surface area contributed by atoms with Crippen molar-refractivity contribution in [1.29, 1.82) is 0 Å². The number of hydrogen-bond acceptors (Lipinski definition) is 4. The van der Waals surface area contributed by atoms with Crippen LogP contribution in [0.1, 0.15) is 29.2 Å². The monoisotopic (exact) mass is 474 g/mol. The molecule has 0 aromatic heterocycles. The average Bonchev–Trinajstić information content (AvgIpc) is 2.80. The van der Waals surface area contributed by atoms with E-state index in [1.807, 2.05) is 60.7 Å². The summed E-state index contributed by atoms with van der Waals surface area (Å²) in [7, 11) is 1.35. The first-order chi connectivity index (χ1) is 15.8. The first kappa shape index (κ1) is 24.7. The molecule has 3 aromatic carbocycles. The lowest BCUT2D eigenvalue weighted by atomic mass is 9.89. The molecule has 0 amide bonds. The highest BCUT2D eigenvalue weighted by atomic mass is 32.2. The highest BCUT2D eigenvalue weighted by molar-refractivity contribution is 7.97. The van der Waals surface area contributed by atoms with Gasteiger partial charge in [-0.15, -0.1) is 0 Å². The van der Waals surface area contributed by atoms with Crippen LogP contribution < -0.4 is 4.74 Å². The van der Waals surface area contributed by atoms with Crippen molar-refractivity contribution < 1.29 is 27.4 Å². The molecule has 0 fully saturated rings. The molecule has 7 heteroatoms. The number of rotatable bonds is 9. The molecule has 0 radical (unpaired) electrons. The number of methoxy groups -OCH3 is 1. The maximum Gasteiger partial charge on any atom is 0.416 e. The van der Waals surface area contributed by atoms with E-state index in [1.54, 1.807) is 6.92 Å². The standard InChI is InChI=1S/C26H25F3O3S/c1-3-32-24(30)14-20-21(17-33-16-18-10-6-4-7-11-18)25(19-12-8-5-9-13-19)23(31-2)15-22(20)26(27,28)29/h4-13,15H,3,14,16-17H2,1-2H3. The highest BCUT2D eigenvalue weighted by Gasteiger charge is 2.37. The van der Waals surface area contributed by atoms with Crippen LogP contribution in [0.15, 0.2) is 66.7 Å². The van der Waals surface area contributed by atoms with Gasteiger partial charge in [0, 0.05) is 17.1 Å². The number of benzene rings is 3. The van der Waals surface area contributed by atoms with E-state index in [0.717, 1.165) is 17.2 Å². The third-order valence-corrected chi connectivity index (χ3v) is 6.12. The summed E-state index contributed by atoms with van der Waals surface area (Å²) >= 11 is 1.49. The van der Waals surface area contributed by atoms with E-state index in [2.05, 4.69) is 0 Å². The molecule has 3 rings (SSSR count). The van der Waals surface area contributed by atoms with Crippen molar-refractivity contribution in [2.24, 2.45) is 0 Å². The Morgan fingerprint density at radius 2 is 1.58 bits per heavy atom. The lowest BCUT2D eigenvalue weighted by Crippen LogP contribution is -2.17. The van der Waals surface area contributed by atoms with Crippen LogP contribution in [0.4, 0.5) is 13.2 Å². The Kier molecular flexibility index (Phi) is 8.44. The summed E-state index contributed by atoms with van der Waals surface area (Å²) in [6.07, 6.45) is -5.11. The smallest absolute Gasteiger partial charge is 0.416 e. The number of carbonyl (C=O) groups excluding carboxylic acids is 1. The number of carbonyl (C=O) groups is 1. The molecule has 0 heterocycles. The minimum Gasteiger partial charge on any atom is -0.496 e. The van der Waals surface area contributed by atoms with Gasteiger partial charge in [-0.3, -0.25) is 4.79 Å². The Balaban J connectivity index is 2.16. The van der Waals surface area contributed by atoms with Crippen molar-refractivity contribution in [3.05, 3.63) is 89.0 Å². The van der Waals surface area contributed by atoms with E-state index in [1.165, 1.54) is 18.9 Å². The fourth-order valence-electron chi connectivity index (χ4n) is 3.65. The van der Waals surface area contributed by atoms with Gasteiger partial charge >= 0.3 is 12.1 Å². The van der Waals surface area contributed by atoms with Gasteiger partial charge in [-0.05, 0) is 35.2 Å². The van der Waals surface area contributed by atoms with E-state index in [-0.39, 0.29) is 23.7 Å².